The van der Waals surface area contributed by atoms with E-state index in [9.17, 15) is 4.79 Å². The second-order valence-electron chi connectivity index (χ2n) is 6.98. The molecule has 4 rings (SSSR count). The first-order valence-electron chi connectivity index (χ1n) is 10.2. The summed E-state index contributed by atoms with van der Waals surface area (Å²) in [5.74, 6) is 1.55. The van der Waals surface area contributed by atoms with Gasteiger partial charge in [0.25, 0.3) is 0 Å². The van der Waals surface area contributed by atoms with Crippen LogP contribution in [0.3, 0.4) is 0 Å². The van der Waals surface area contributed by atoms with E-state index in [1.807, 2.05) is 30.3 Å². The van der Waals surface area contributed by atoms with Gasteiger partial charge < -0.3 is 14.6 Å². The van der Waals surface area contributed by atoms with Crippen LogP contribution >= 0.6 is 11.6 Å². The molecule has 166 valence electrons. The Morgan fingerprint density at radius 1 is 1.25 bits per heavy atom. The fraction of sp³-hybridized carbons (Fsp3) is 0.273. The molecule has 2 amide bonds. The molecule has 0 saturated heterocycles. The van der Waals surface area contributed by atoms with Gasteiger partial charge in [-0.25, -0.2) is 19.7 Å². The van der Waals surface area contributed by atoms with E-state index in [-0.39, 0.29) is 12.4 Å². The van der Waals surface area contributed by atoms with Crippen molar-refractivity contribution >= 4 is 29.3 Å². The smallest absolute Gasteiger partial charge is 0.328 e. The summed E-state index contributed by atoms with van der Waals surface area (Å²) < 4.78 is 11.1. The number of urea groups is 1. The molecular weight excluding hydrogens is 434 g/mol. The van der Waals surface area contributed by atoms with Gasteiger partial charge >= 0.3 is 6.03 Å². The zero-order valence-corrected chi connectivity index (χ0v) is 18.0. The number of aliphatic hydroxyl groups is 1. The van der Waals surface area contributed by atoms with Crippen molar-refractivity contribution in [2.45, 2.75) is 12.8 Å². The van der Waals surface area contributed by atoms with Gasteiger partial charge in [0.1, 0.15) is 0 Å². The van der Waals surface area contributed by atoms with Crippen molar-refractivity contribution in [2.75, 3.05) is 36.6 Å². The van der Waals surface area contributed by atoms with Gasteiger partial charge in [0.2, 0.25) is 5.88 Å². The number of ether oxygens (including phenoxy) is 2. The fourth-order valence-electron chi connectivity index (χ4n) is 3.13. The predicted octanol–water partition coefficient (Wildman–Crippen LogP) is 3.77. The number of aliphatic hydroxyl groups excluding tert-OH is 1. The molecule has 0 fully saturated rings. The molecule has 1 aliphatic rings. The molecule has 10 heteroatoms. The molecule has 0 atom stereocenters. The number of benzene rings is 1. The van der Waals surface area contributed by atoms with Crippen molar-refractivity contribution in [3.63, 3.8) is 0 Å². The van der Waals surface area contributed by atoms with E-state index in [4.69, 9.17) is 26.2 Å². The van der Waals surface area contributed by atoms with Gasteiger partial charge in [-0.15, -0.1) is 0 Å². The molecule has 0 spiro atoms. The molecule has 2 aromatic heterocycles. The molecule has 0 aliphatic carbocycles. The van der Waals surface area contributed by atoms with Crippen LogP contribution in [0.4, 0.5) is 16.4 Å². The Hall–Kier alpha value is -3.43. The van der Waals surface area contributed by atoms with Crippen molar-refractivity contribution in [3.05, 3.63) is 53.8 Å². The number of amides is 2. The number of halogens is 1. The van der Waals surface area contributed by atoms with Gasteiger partial charge in [-0.3, -0.25) is 10.2 Å². The minimum atomic E-state index is -0.393. The van der Waals surface area contributed by atoms with E-state index in [2.05, 4.69) is 20.3 Å². The van der Waals surface area contributed by atoms with E-state index in [1.54, 1.807) is 6.07 Å². The molecule has 1 aliphatic heterocycles. The minimum Gasteiger partial charge on any atom is -0.490 e. The first kappa shape index (κ1) is 21.8. The second kappa shape index (κ2) is 10.3. The number of fused-ring (bicyclic) bond motifs is 1. The largest absolute Gasteiger partial charge is 0.490 e. The fourth-order valence-corrected chi connectivity index (χ4v) is 3.32. The molecule has 3 heterocycles. The van der Waals surface area contributed by atoms with Gasteiger partial charge in [-0.05, 0) is 30.7 Å². The molecule has 32 heavy (non-hydrogen) atoms. The minimum absolute atomic E-state index is 0.0374. The highest BCUT2D eigenvalue weighted by Gasteiger charge is 2.25. The molecule has 0 radical (unpaired) electrons. The van der Waals surface area contributed by atoms with E-state index in [0.29, 0.717) is 60.8 Å². The third-order valence-corrected chi connectivity index (χ3v) is 4.89. The van der Waals surface area contributed by atoms with Crippen molar-refractivity contribution in [2.24, 2.45) is 0 Å². The van der Waals surface area contributed by atoms with Crippen LogP contribution < -0.4 is 19.7 Å². The lowest BCUT2D eigenvalue weighted by molar-refractivity contribution is 0.229. The molecule has 0 saturated carbocycles. The van der Waals surface area contributed by atoms with Crippen molar-refractivity contribution in [1.29, 1.82) is 0 Å². The Balaban J connectivity index is 1.53. The number of nitrogens with zero attached hydrogens (tertiary/aromatic N) is 4. The van der Waals surface area contributed by atoms with E-state index in [1.165, 1.54) is 17.3 Å². The standard InChI is InChI=1S/C22H22ClN5O4/c23-16-5-1-4-15(12-16)17-6-7-18-21(26-17)28(8-2-10-31-18)22(30)27-19-13-25-20(14-24-19)32-11-3-9-29/h1,4-7,12-14,29H,2-3,8-11H2,(H,24,27,30). The average Bonchev–Trinajstić information content (AvgIpc) is 3.02. The first-order valence-corrected chi connectivity index (χ1v) is 10.6. The van der Waals surface area contributed by atoms with Gasteiger partial charge in [0.15, 0.2) is 17.4 Å². The van der Waals surface area contributed by atoms with Crippen LogP contribution in [0.5, 0.6) is 11.6 Å². The van der Waals surface area contributed by atoms with Gasteiger partial charge in [0.05, 0.1) is 31.3 Å². The quantitative estimate of drug-likeness (QED) is 0.544. The highest BCUT2D eigenvalue weighted by molar-refractivity contribution is 6.30. The van der Waals surface area contributed by atoms with Crippen LogP contribution in [0.2, 0.25) is 5.02 Å². The lowest BCUT2D eigenvalue weighted by Crippen LogP contribution is -2.36. The highest BCUT2D eigenvalue weighted by atomic mass is 35.5. The lowest BCUT2D eigenvalue weighted by Gasteiger charge is -2.21. The Labute approximate surface area is 190 Å². The summed E-state index contributed by atoms with van der Waals surface area (Å²) in [5, 5.41) is 12.2. The van der Waals surface area contributed by atoms with Crippen molar-refractivity contribution < 1.29 is 19.4 Å². The Morgan fingerprint density at radius 3 is 2.94 bits per heavy atom. The maximum Gasteiger partial charge on any atom is 0.328 e. The average molecular weight is 456 g/mol. The number of rotatable bonds is 6. The summed E-state index contributed by atoms with van der Waals surface area (Å²) in [6, 6.07) is 10.6. The maximum atomic E-state index is 13.1. The van der Waals surface area contributed by atoms with Crippen LogP contribution in [0.15, 0.2) is 48.8 Å². The predicted molar refractivity (Wildman–Crippen MR) is 120 cm³/mol. The van der Waals surface area contributed by atoms with Gasteiger partial charge in [-0.1, -0.05) is 23.7 Å². The monoisotopic (exact) mass is 455 g/mol. The summed E-state index contributed by atoms with van der Waals surface area (Å²) >= 11 is 6.12. The Bertz CT molecular complexity index is 1080. The summed E-state index contributed by atoms with van der Waals surface area (Å²) in [5.41, 5.74) is 1.52. The second-order valence-corrected chi connectivity index (χ2v) is 7.41. The lowest BCUT2D eigenvalue weighted by atomic mass is 10.1. The van der Waals surface area contributed by atoms with Gasteiger partial charge in [0, 0.05) is 30.2 Å². The van der Waals surface area contributed by atoms with Crippen LogP contribution in [-0.2, 0) is 0 Å². The van der Waals surface area contributed by atoms with Gasteiger partial charge in [-0.2, -0.15) is 0 Å². The molecular formula is C22H22ClN5O4. The number of carbonyl (C=O) groups is 1. The Morgan fingerprint density at radius 2 is 2.16 bits per heavy atom. The number of pyridine rings is 1. The number of anilines is 2. The normalized spacial score (nSPS) is 13.0. The molecule has 2 N–H and O–H groups in total. The first-order chi connectivity index (χ1) is 15.6. The number of carbonyl (C=O) groups excluding carboxylic acids is 1. The number of aromatic nitrogens is 3. The van der Waals surface area contributed by atoms with Crippen LogP contribution in [0, 0.1) is 0 Å². The zero-order valence-electron chi connectivity index (χ0n) is 17.2. The molecule has 9 nitrogen and oxygen atoms in total. The number of hydrogen-bond acceptors (Lipinski definition) is 7. The summed E-state index contributed by atoms with van der Waals surface area (Å²) in [7, 11) is 0. The summed E-state index contributed by atoms with van der Waals surface area (Å²) in [6.45, 7) is 1.28. The molecule has 0 bridgehead atoms. The van der Waals surface area contributed by atoms with Crippen molar-refractivity contribution in [3.8, 4) is 22.9 Å². The number of nitrogens with one attached hydrogen (secondary N) is 1. The highest BCUT2D eigenvalue weighted by Crippen LogP contribution is 2.33. The molecule has 0 unspecified atom stereocenters. The third kappa shape index (κ3) is 5.24. The van der Waals surface area contributed by atoms with Crippen molar-refractivity contribution in [1.82, 2.24) is 15.0 Å². The topological polar surface area (TPSA) is 110 Å². The van der Waals surface area contributed by atoms with E-state index >= 15 is 0 Å². The van der Waals surface area contributed by atoms with E-state index < -0.39 is 6.03 Å². The Kier molecular flexibility index (Phi) is 6.98. The third-order valence-electron chi connectivity index (χ3n) is 4.66. The summed E-state index contributed by atoms with van der Waals surface area (Å²) in [4.78, 5) is 27.6. The number of hydrogen-bond donors (Lipinski definition) is 2. The van der Waals surface area contributed by atoms with Crippen LogP contribution in [0.25, 0.3) is 11.3 Å². The van der Waals surface area contributed by atoms with Crippen LogP contribution in [0.1, 0.15) is 12.8 Å². The van der Waals surface area contributed by atoms with Crippen LogP contribution in [-0.4, -0.2) is 52.5 Å². The summed E-state index contributed by atoms with van der Waals surface area (Å²) in [6.07, 6.45) is 3.99. The zero-order chi connectivity index (χ0) is 22.3. The molecule has 3 aromatic rings. The molecule has 1 aromatic carbocycles. The SMILES string of the molecule is O=C(Nc1cnc(OCCCO)cn1)N1CCCOc2ccc(-c3cccc(Cl)c3)nc21. The maximum absolute atomic E-state index is 13.1. The van der Waals surface area contributed by atoms with E-state index in [0.717, 1.165) is 5.56 Å².